The summed E-state index contributed by atoms with van der Waals surface area (Å²) >= 11 is 0. The molecule has 2 aromatic rings. The van der Waals surface area contributed by atoms with Crippen LogP contribution in [0, 0.1) is 12.8 Å². The number of nitrogens with zero attached hydrogens (tertiary/aromatic N) is 2. The minimum atomic E-state index is 0.861. The molecule has 1 aliphatic carbocycles. The van der Waals surface area contributed by atoms with Gasteiger partial charge in [-0.15, -0.1) is 0 Å². The highest BCUT2D eigenvalue weighted by atomic mass is 16.5. The van der Waals surface area contributed by atoms with Crippen LogP contribution in [-0.4, -0.2) is 29.7 Å². The average molecular weight is 272 g/mol. The van der Waals surface area contributed by atoms with Gasteiger partial charge in [-0.1, -0.05) is 30.1 Å². The van der Waals surface area contributed by atoms with Crippen LogP contribution in [0.5, 0.6) is 0 Å². The molecule has 1 saturated carbocycles. The molecule has 0 spiro atoms. The fourth-order valence-electron chi connectivity index (χ4n) is 3.65. The first-order chi connectivity index (χ1) is 9.75. The van der Waals surface area contributed by atoms with Gasteiger partial charge in [0.05, 0.1) is 5.69 Å². The van der Waals surface area contributed by atoms with Crippen molar-refractivity contribution in [3.8, 4) is 0 Å². The van der Waals surface area contributed by atoms with Gasteiger partial charge in [-0.2, -0.15) is 0 Å². The zero-order chi connectivity index (χ0) is 13.9. The minimum absolute atomic E-state index is 0.861. The van der Waals surface area contributed by atoms with E-state index in [2.05, 4.69) is 17.1 Å². The zero-order valence-corrected chi connectivity index (χ0v) is 12.5. The molecule has 3 nitrogen and oxygen atoms in total. The van der Waals surface area contributed by atoms with E-state index in [0.717, 1.165) is 28.6 Å². The monoisotopic (exact) mass is 272 g/mol. The van der Waals surface area contributed by atoms with E-state index in [0.29, 0.717) is 0 Å². The van der Waals surface area contributed by atoms with Crippen LogP contribution in [0.1, 0.15) is 37.8 Å². The Kier molecular flexibility index (Phi) is 4.06. The Balaban J connectivity index is 0.000000121. The molecule has 1 saturated heterocycles. The maximum atomic E-state index is 5.00. The second-order valence-corrected chi connectivity index (χ2v) is 6.15. The minimum Gasteiger partial charge on any atom is -0.356 e. The van der Waals surface area contributed by atoms with Crippen LogP contribution in [0.3, 0.4) is 0 Å². The molecule has 1 aromatic heterocycles. The Hall–Kier alpha value is -1.35. The molecule has 2 unspecified atom stereocenters. The first-order valence-corrected chi connectivity index (χ1v) is 7.77. The molecular formula is C17H24N2O. The average Bonchev–Trinajstić information content (AvgIpc) is 3.05. The maximum Gasteiger partial charge on any atom is 0.167 e. The summed E-state index contributed by atoms with van der Waals surface area (Å²) in [5, 5.41) is 4.92. The highest BCUT2D eigenvalue weighted by molar-refractivity contribution is 5.78. The summed E-state index contributed by atoms with van der Waals surface area (Å²) in [6.45, 7) is 3.29. The van der Waals surface area contributed by atoms with Crippen molar-refractivity contribution < 1.29 is 4.52 Å². The van der Waals surface area contributed by atoms with Crippen molar-refractivity contribution in [2.45, 2.75) is 45.1 Å². The van der Waals surface area contributed by atoms with E-state index >= 15 is 0 Å². The van der Waals surface area contributed by atoms with Crippen molar-refractivity contribution in [3.05, 3.63) is 30.0 Å². The molecule has 0 N–H and O–H groups in total. The molecule has 3 heteroatoms. The standard InChI is InChI=1S/C9H17N.C8H7NO/c1-10-7-6-8-4-2-3-5-9(8)10;1-6-7-4-2-3-5-8(7)10-9-6/h8-9H,2-7H2,1H3;2-5H,1H3. The van der Waals surface area contributed by atoms with Gasteiger partial charge in [-0.25, -0.2) is 0 Å². The third-order valence-electron chi connectivity index (χ3n) is 4.85. The summed E-state index contributed by atoms with van der Waals surface area (Å²) in [5.41, 5.74) is 1.82. The summed E-state index contributed by atoms with van der Waals surface area (Å²) in [4.78, 5) is 2.56. The summed E-state index contributed by atoms with van der Waals surface area (Å²) in [7, 11) is 2.29. The quantitative estimate of drug-likeness (QED) is 0.725. The molecule has 0 bridgehead atoms. The molecule has 2 aliphatic rings. The predicted molar refractivity (Wildman–Crippen MR) is 81.7 cm³/mol. The molecule has 4 rings (SSSR count). The highest BCUT2D eigenvalue weighted by Gasteiger charge is 2.32. The highest BCUT2D eigenvalue weighted by Crippen LogP contribution is 2.34. The van der Waals surface area contributed by atoms with E-state index in [1.54, 1.807) is 0 Å². The number of hydrogen-bond donors (Lipinski definition) is 0. The molecule has 1 aliphatic heterocycles. The van der Waals surface area contributed by atoms with Gasteiger partial charge in [0.2, 0.25) is 0 Å². The topological polar surface area (TPSA) is 29.3 Å². The van der Waals surface area contributed by atoms with Crippen LogP contribution in [0.25, 0.3) is 11.0 Å². The predicted octanol–water partition coefficient (Wildman–Crippen LogP) is 4.02. The summed E-state index contributed by atoms with van der Waals surface area (Å²) in [6, 6.07) is 8.80. The van der Waals surface area contributed by atoms with Crippen LogP contribution >= 0.6 is 0 Å². The lowest BCUT2D eigenvalue weighted by Gasteiger charge is -2.28. The number of aryl methyl sites for hydroxylation is 1. The zero-order valence-electron chi connectivity index (χ0n) is 12.5. The van der Waals surface area contributed by atoms with Gasteiger partial charge in [0.1, 0.15) is 0 Å². The smallest absolute Gasteiger partial charge is 0.167 e. The van der Waals surface area contributed by atoms with Gasteiger partial charge in [0.15, 0.2) is 5.58 Å². The van der Waals surface area contributed by atoms with Crippen LogP contribution in [-0.2, 0) is 0 Å². The van der Waals surface area contributed by atoms with Gasteiger partial charge in [0, 0.05) is 11.4 Å². The van der Waals surface area contributed by atoms with Gasteiger partial charge in [0.25, 0.3) is 0 Å². The Morgan fingerprint density at radius 3 is 2.75 bits per heavy atom. The third kappa shape index (κ3) is 2.73. The lowest BCUT2D eigenvalue weighted by atomic mass is 9.85. The van der Waals surface area contributed by atoms with Gasteiger partial charge in [-0.05, 0) is 57.8 Å². The fourth-order valence-corrected chi connectivity index (χ4v) is 3.65. The summed E-state index contributed by atoms with van der Waals surface area (Å²) in [6.07, 6.45) is 7.43. The number of fused-ring (bicyclic) bond motifs is 2. The second-order valence-electron chi connectivity index (χ2n) is 6.15. The number of hydrogen-bond acceptors (Lipinski definition) is 3. The van der Waals surface area contributed by atoms with Crippen molar-refractivity contribution in [2.75, 3.05) is 13.6 Å². The number of aromatic nitrogens is 1. The first-order valence-electron chi connectivity index (χ1n) is 7.77. The van der Waals surface area contributed by atoms with E-state index in [4.69, 9.17) is 4.52 Å². The number of para-hydroxylation sites is 1. The molecule has 1 aromatic carbocycles. The molecule has 2 atom stereocenters. The van der Waals surface area contributed by atoms with Gasteiger partial charge < -0.3 is 9.42 Å². The normalized spacial score (nSPS) is 26.1. The molecule has 2 heterocycles. The van der Waals surface area contributed by atoms with Crippen molar-refractivity contribution >= 4 is 11.0 Å². The molecule has 0 radical (unpaired) electrons. The summed E-state index contributed by atoms with van der Waals surface area (Å²) < 4.78 is 5.00. The number of benzene rings is 1. The van der Waals surface area contributed by atoms with E-state index in [9.17, 15) is 0 Å². The molecule has 0 amide bonds. The first kappa shape index (κ1) is 13.6. The Morgan fingerprint density at radius 2 is 1.95 bits per heavy atom. The van der Waals surface area contributed by atoms with Crippen molar-refractivity contribution in [1.29, 1.82) is 0 Å². The Bertz CT molecular complexity index is 561. The molecular weight excluding hydrogens is 248 g/mol. The van der Waals surface area contributed by atoms with Crippen LogP contribution in [0.4, 0.5) is 0 Å². The maximum absolute atomic E-state index is 5.00. The largest absolute Gasteiger partial charge is 0.356 e. The van der Waals surface area contributed by atoms with Crippen LogP contribution in [0.2, 0.25) is 0 Å². The lowest BCUT2D eigenvalue weighted by Crippen LogP contribution is -2.31. The van der Waals surface area contributed by atoms with E-state index in [-0.39, 0.29) is 0 Å². The second kappa shape index (κ2) is 5.96. The molecule has 2 fully saturated rings. The third-order valence-corrected chi connectivity index (χ3v) is 4.85. The molecule has 108 valence electrons. The van der Waals surface area contributed by atoms with Crippen molar-refractivity contribution in [1.82, 2.24) is 10.1 Å². The lowest BCUT2D eigenvalue weighted by molar-refractivity contribution is 0.215. The fraction of sp³-hybridized carbons (Fsp3) is 0.588. The summed E-state index contributed by atoms with van der Waals surface area (Å²) in [5.74, 6) is 1.07. The van der Waals surface area contributed by atoms with Crippen LogP contribution < -0.4 is 0 Å². The van der Waals surface area contributed by atoms with Gasteiger partial charge in [-0.3, -0.25) is 0 Å². The van der Waals surface area contributed by atoms with Gasteiger partial charge >= 0.3 is 0 Å². The van der Waals surface area contributed by atoms with E-state index < -0.39 is 0 Å². The Morgan fingerprint density at radius 1 is 1.15 bits per heavy atom. The van der Waals surface area contributed by atoms with Crippen molar-refractivity contribution in [2.24, 2.45) is 5.92 Å². The number of rotatable bonds is 0. The van der Waals surface area contributed by atoms with Crippen LogP contribution in [0.15, 0.2) is 28.8 Å². The van der Waals surface area contributed by atoms with Crippen molar-refractivity contribution in [3.63, 3.8) is 0 Å². The molecule has 20 heavy (non-hydrogen) atoms. The Labute approximate surface area is 120 Å². The van der Waals surface area contributed by atoms with E-state index in [1.807, 2.05) is 31.2 Å². The SMILES string of the molecule is CN1CCC2CCCCC21.Cc1noc2ccccc12. The van der Waals surface area contributed by atoms with E-state index in [1.165, 1.54) is 38.6 Å². The number of likely N-dealkylation sites (tertiary alicyclic amines) is 1.